The smallest absolute Gasteiger partial charge is 0.339 e. The molecule has 0 aliphatic rings. The number of hydrogen-bond acceptors (Lipinski definition) is 4. The molecule has 0 radical (unpaired) electrons. The Kier molecular flexibility index (Phi) is 4.10. The van der Waals surface area contributed by atoms with Crippen LogP contribution in [0.15, 0.2) is 41.2 Å². The van der Waals surface area contributed by atoms with Gasteiger partial charge < -0.3 is 10.1 Å². The molecule has 1 aromatic heterocycles. The molecule has 2 aromatic rings. The summed E-state index contributed by atoms with van der Waals surface area (Å²) in [5, 5.41) is 3.37. The van der Waals surface area contributed by atoms with Crippen molar-refractivity contribution in [3.05, 3.63) is 57.3 Å². The van der Waals surface area contributed by atoms with E-state index in [1.807, 2.05) is 0 Å². The quantitative estimate of drug-likeness (QED) is 0.883. The van der Waals surface area contributed by atoms with Gasteiger partial charge in [0.15, 0.2) is 0 Å². The van der Waals surface area contributed by atoms with Gasteiger partial charge >= 0.3 is 5.97 Å². The Morgan fingerprint density at radius 1 is 1.30 bits per heavy atom. The number of methoxy groups -OCH3 is 1. The first kappa shape index (κ1) is 14.1. The summed E-state index contributed by atoms with van der Waals surface area (Å²) in [6, 6.07) is 9.76. The predicted octanol–water partition coefficient (Wildman–Crippen LogP) is 2.57. The minimum absolute atomic E-state index is 0.128. The van der Waals surface area contributed by atoms with Gasteiger partial charge in [-0.2, -0.15) is 0 Å². The van der Waals surface area contributed by atoms with Crippen molar-refractivity contribution < 1.29 is 9.53 Å². The third-order valence-electron chi connectivity index (χ3n) is 2.83. The molecule has 0 bridgehead atoms. The fraction of sp³-hybridized carbons (Fsp3) is 0.143. The zero-order chi connectivity index (χ0) is 14.7. The minimum atomic E-state index is -0.513. The first-order chi connectivity index (χ1) is 9.52. The van der Waals surface area contributed by atoms with Gasteiger partial charge in [0.25, 0.3) is 5.56 Å². The second-order valence-electron chi connectivity index (χ2n) is 4.12. The molecule has 0 saturated carbocycles. The van der Waals surface area contributed by atoms with Gasteiger partial charge in [0.1, 0.15) is 5.82 Å². The highest BCUT2D eigenvalue weighted by molar-refractivity contribution is 6.33. The lowest BCUT2D eigenvalue weighted by molar-refractivity contribution is 0.0601. The van der Waals surface area contributed by atoms with Crippen LogP contribution < -0.4 is 10.9 Å². The highest BCUT2D eigenvalue weighted by atomic mass is 35.5. The Bertz CT molecular complexity index is 710. The van der Waals surface area contributed by atoms with Crippen LogP contribution in [0.2, 0.25) is 5.02 Å². The van der Waals surface area contributed by atoms with Crippen molar-refractivity contribution in [1.29, 1.82) is 0 Å². The van der Waals surface area contributed by atoms with Crippen molar-refractivity contribution in [1.82, 2.24) is 4.57 Å². The number of esters is 1. The van der Waals surface area contributed by atoms with Gasteiger partial charge in [-0.25, -0.2) is 4.79 Å². The molecule has 2 rings (SSSR count). The summed E-state index contributed by atoms with van der Waals surface area (Å²) in [4.78, 5) is 23.1. The number of anilines is 2. The van der Waals surface area contributed by atoms with Crippen LogP contribution in [-0.4, -0.2) is 17.6 Å². The molecular weight excluding hydrogens is 280 g/mol. The zero-order valence-corrected chi connectivity index (χ0v) is 11.8. The molecule has 0 fully saturated rings. The number of aromatic nitrogens is 1. The monoisotopic (exact) mass is 292 g/mol. The molecule has 0 aliphatic heterocycles. The van der Waals surface area contributed by atoms with E-state index in [0.29, 0.717) is 16.5 Å². The van der Waals surface area contributed by atoms with Crippen LogP contribution in [0.3, 0.4) is 0 Å². The molecule has 1 heterocycles. The third kappa shape index (κ3) is 2.83. The molecule has 0 saturated heterocycles. The van der Waals surface area contributed by atoms with Crippen molar-refractivity contribution in [2.24, 2.45) is 7.05 Å². The highest BCUT2D eigenvalue weighted by Crippen LogP contribution is 2.23. The van der Waals surface area contributed by atoms with Gasteiger partial charge in [0, 0.05) is 18.8 Å². The summed E-state index contributed by atoms with van der Waals surface area (Å²) in [6.45, 7) is 0. The molecule has 0 spiro atoms. The van der Waals surface area contributed by atoms with Gasteiger partial charge in [-0.1, -0.05) is 17.7 Å². The zero-order valence-electron chi connectivity index (χ0n) is 11.0. The predicted molar refractivity (Wildman–Crippen MR) is 77.8 cm³/mol. The molecular formula is C14H13ClN2O3. The first-order valence-corrected chi connectivity index (χ1v) is 6.21. The Balaban J connectivity index is 2.37. The van der Waals surface area contributed by atoms with Crippen molar-refractivity contribution in [3.8, 4) is 0 Å². The fourth-order valence-electron chi connectivity index (χ4n) is 1.71. The van der Waals surface area contributed by atoms with Crippen LogP contribution in [-0.2, 0) is 11.8 Å². The van der Waals surface area contributed by atoms with E-state index in [9.17, 15) is 9.59 Å². The number of benzene rings is 1. The van der Waals surface area contributed by atoms with E-state index in [0.717, 1.165) is 0 Å². The SMILES string of the molecule is COC(=O)c1cc(Nc2cccc(=O)n2C)ccc1Cl. The number of ether oxygens (including phenoxy) is 1. The summed E-state index contributed by atoms with van der Waals surface area (Å²) in [5.74, 6) is 0.0937. The van der Waals surface area contributed by atoms with Crippen LogP contribution in [0, 0.1) is 0 Å². The standard InChI is InChI=1S/C14H13ClN2O3/c1-17-12(4-3-5-13(17)18)16-9-6-7-11(15)10(8-9)14(19)20-2/h3-8,16H,1-2H3. The summed E-state index contributed by atoms with van der Waals surface area (Å²) in [6.07, 6.45) is 0. The minimum Gasteiger partial charge on any atom is -0.465 e. The summed E-state index contributed by atoms with van der Waals surface area (Å²) in [5.41, 5.74) is 0.772. The molecule has 6 heteroatoms. The van der Waals surface area contributed by atoms with Crippen molar-refractivity contribution in [2.75, 3.05) is 12.4 Å². The normalized spacial score (nSPS) is 10.2. The van der Waals surface area contributed by atoms with Crippen molar-refractivity contribution in [3.63, 3.8) is 0 Å². The second kappa shape index (κ2) is 5.79. The van der Waals surface area contributed by atoms with E-state index in [1.54, 1.807) is 37.4 Å². The average Bonchev–Trinajstić information content (AvgIpc) is 2.45. The Morgan fingerprint density at radius 2 is 2.05 bits per heavy atom. The molecule has 0 unspecified atom stereocenters. The van der Waals surface area contributed by atoms with Crippen LogP contribution in [0.5, 0.6) is 0 Å². The van der Waals surface area contributed by atoms with E-state index in [2.05, 4.69) is 10.1 Å². The van der Waals surface area contributed by atoms with Gasteiger partial charge in [-0.05, 0) is 24.3 Å². The van der Waals surface area contributed by atoms with Crippen molar-refractivity contribution >= 4 is 29.1 Å². The number of carbonyl (C=O) groups is 1. The Morgan fingerprint density at radius 3 is 2.75 bits per heavy atom. The molecule has 0 amide bonds. The lowest BCUT2D eigenvalue weighted by Crippen LogP contribution is -2.17. The molecule has 5 nitrogen and oxygen atoms in total. The fourth-order valence-corrected chi connectivity index (χ4v) is 1.90. The van der Waals surface area contributed by atoms with Crippen LogP contribution in [0.4, 0.5) is 11.5 Å². The van der Waals surface area contributed by atoms with Crippen LogP contribution in [0.1, 0.15) is 10.4 Å². The maximum Gasteiger partial charge on any atom is 0.339 e. The maximum absolute atomic E-state index is 11.6. The van der Waals surface area contributed by atoms with E-state index >= 15 is 0 Å². The average molecular weight is 293 g/mol. The Labute approximate surface area is 120 Å². The number of halogens is 1. The van der Waals surface area contributed by atoms with E-state index < -0.39 is 5.97 Å². The lowest BCUT2D eigenvalue weighted by Gasteiger charge is -2.12. The van der Waals surface area contributed by atoms with Gasteiger partial charge in [0.05, 0.1) is 17.7 Å². The number of nitrogens with zero attached hydrogens (tertiary/aromatic N) is 1. The summed E-state index contributed by atoms with van der Waals surface area (Å²) < 4.78 is 6.12. The molecule has 104 valence electrons. The maximum atomic E-state index is 11.6. The third-order valence-corrected chi connectivity index (χ3v) is 3.16. The summed E-state index contributed by atoms with van der Waals surface area (Å²) in [7, 11) is 2.95. The highest BCUT2D eigenvalue weighted by Gasteiger charge is 2.11. The number of pyridine rings is 1. The number of hydrogen-bond donors (Lipinski definition) is 1. The topological polar surface area (TPSA) is 60.3 Å². The number of nitrogens with one attached hydrogen (secondary N) is 1. The second-order valence-corrected chi connectivity index (χ2v) is 4.53. The van der Waals surface area contributed by atoms with E-state index in [1.165, 1.54) is 17.7 Å². The molecule has 1 aromatic carbocycles. The molecule has 0 aliphatic carbocycles. The largest absolute Gasteiger partial charge is 0.465 e. The lowest BCUT2D eigenvalue weighted by atomic mass is 10.2. The van der Waals surface area contributed by atoms with Crippen LogP contribution >= 0.6 is 11.6 Å². The van der Waals surface area contributed by atoms with E-state index in [4.69, 9.17) is 11.6 Å². The molecule has 0 atom stereocenters. The van der Waals surface area contributed by atoms with Gasteiger partial charge in [0.2, 0.25) is 0 Å². The first-order valence-electron chi connectivity index (χ1n) is 5.84. The van der Waals surface area contributed by atoms with E-state index in [-0.39, 0.29) is 11.1 Å². The van der Waals surface area contributed by atoms with Gasteiger partial charge in [-0.3, -0.25) is 9.36 Å². The molecule has 1 N–H and O–H groups in total. The van der Waals surface area contributed by atoms with Gasteiger partial charge in [-0.15, -0.1) is 0 Å². The number of rotatable bonds is 3. The van der Waals surface area contributed by atoms with Crippen molar-refractivity contribution in [2.45, 2.75) is 0 Å². The Hall–Kier alpha value is -2.27. The number of carbonyl (C=O) groups excluding carboxylic acids is 1. The van der Waals surface area contributed by atoms with Crippen LogP contribution in [0.25, 0.3) is 0 Å². The molecule has 20 heavy (non-hydrogen) atoms. The summed E-state index contributed by atoms with van der Waals surface area (Å²) >= 11 is 5.95.